The summed E-state index contributed by atoms with van der Waals surface area (Å²) in [6.07, 6.45) is 9.42. The summed E-state index contributed by atoms with van der Waals surface area (Å²) in [5, 5.41) is 0. The van der Waals surface area contributed by atoms with Crippen LogP contribution in [-0.2, 0) is 0 Å². The Kier molecular flexibility index (Phi) is 9.02. The van der Waals surface area contributed by atoms with Crippen molar-refractivity contribution in [1.82, 2.24) is 0 Å². The van der Waals surface area contributed by atoms with E-state index in [0.29, 0.717) is 30.4 Å². The smallest absolute Gasteiger partial charge is 0.200 e. The minimum Gasteiger partial charge on any atom is -0.493 e. The van der Waals surface area contributed by atoms with E-state index in [0.717, 1.165) is 69.8 Å². The fraction of sp³-hybridized carbons (Fsp3) is 0.600. The Morgan fingerprint density at radius 2 is 1.43 bits per heavy atom. The van der Waals surface area contributed by atoms with Crippen LogP contribution in [0.3, 0.4) is 0 Å². The normalized spacial score (nSPS) is 24.8. The van der Waals surface area contributed by atoms with E-state index >= 15 is 0 Å². The summed E-state index contributed by atoms with van der Waals surface area (Å²) < 4.78 is 55.6. The molecule has 192 valence electrons. The van der Waals surface area contributed by atoms with Gasteiger partial charge in [-0.3, -0.25) is 0 Å². The summed E-state index contributed by atoms with van der Waals surface area (Å²) in [6, 6.07) is 8.51. The molecule has 0 radical (unpaired) electrons. The summed E-state index contributed by atoms with van der Waals surface area (Å²) in [5.74, 6) is -0.0391. The van der Waals surface area contributed by atoms with E-state index in [1.807, 2.05) is 12.1 Å². The summed E-state index contributed by atoms with van der Waals surface area (Å²) in [7, 11) is 0. The predicted molar refractivity (Wildman–Crippen MR) is 134 cm³/mol. The van der Waals surface area contributed by atoms with Crippen molar-refractivity contribution in [3.63, 3.8) is 0 Å². The summed E-state index contributed by atoms with van der Waals surface area (Å²) in [6.45, 7) is 5.27. The van der Waals surface area contributed by atoms with E-state index in [9.17, 15) is 13.2 Å². The molecule has 2 aromatic rings. The zero-order valence-corrected chi connectivity index (χ0v) is 21.1. The highest BCUT2D eigenvalue weighted by Gasteiger charge is 2.27. The van der Waals surface area contributed by atoms with Crippen molar-refractivity contribution in [2.45, 2.75) is 89.9 Å². The van der Waals surface area contributed by atoms with Gasteiger partial charge in [-0.25, -0.2) is 8.78 Å². The number of unbranched alkanes of at least 4 members (excludes halogenated alkanes) is 1. The highest BCUT2D eigenvalue weighted by Crippen LogP contribution is 2.40. The molecule has 0 spiro atoms. The molecule has 2 nitrogen and oxygen atoms in total. The molecule has 2 aromatic carbocycles. The van der Waals surface area contributed by atoms with Gasteiger partial charge in [-0.2, -0.15) is 4.39 Å². The van der Waals surface area contributed by atoms with Gasteiger partial charge in [0.1, 0.15) is 11.6 Å². The summed E-state index contributed by atoms with van der Waals surface area (Å²) in [5.41, 5.74) is 1.24. The molecule has 0 amide bonds. The quantitative estimate of drug-likeness (QED) is 0.328. The van der Waals surface area contributed by atoms with Gasteiger partial charge in [-0.15, -0.1) is 0 Å². The van der Waals surface area contributed by atoms with Crippen molar-refractivity contribution in [1.29, 1.82) is 0 Å². The molecule has 4 rings (SSSR count). The Bertz CT molecular complexity index is 960. The van der Waals surface area contributed by atoms with Crippen LogP contribution in [0.15, 0.2) is 30.3 Å². The first kappa shape index (κ1) is 25.9. The van der Waals surface area contributed by atoms with Crippen LogP contribution >= 0.6 is 0 Å². The van der Waals surface area contributed by atoms with Crippen LogP contribution in [0, 0.1) is 29.3 Å². The monoisotopic (exact) mass is 488 g/mol. The fourth-order valence-corrected chi connectivity index (χ4v) is 5.66. The first-order chi connectivity index (χ1) is 17.0. The van der Waals surface area contributed by atoms with Crippen LogP contribution < -0.4 is 9.47 Å². The minimum absolute atomic E-state index is 0.00209. The lowest BCUT2D eigenvalue weighted by Crippen LogP contribution is -2.20. The average molecular weight is 489 g/mol. The number of benzene rings is 2. The molecule has 0 unspecified atom stereocenters. The molecule has 35 heavy (non-hydrogen) atoms. The molecular weight excluding hydrogens is 449 g/mol. The molecule has 2 aliphatic carbocycles. The van der Waals surface area contributed by atoms with Crippen molar-refractivity contribution in [3.8, 4) is 11.5 Å². The van der Waals surface area contributed by atoms with Gasteiger partial charge in [0, 0.05) is 6.07 Å². The average Bonchev–Trinajstić information content (AvgIpc) is 2.86. The molecule has 0 atom stereocenters. The Hall–Kier alpha value is -2.17. The van der Waals surface area contributed by atoms with Gasteiger partial charge in [0.05, 0.1) is 13.2 Å². The Morgan fingerprint density at radius 1 is 0.771 bits per heavy atom. The number of ether oxygens (including phenoxy) is 2. The molecule has 0 saturated heterocycles. The zero-order chi connectivity index (χ0) is 24.8. The number of hydrogen-bond acceptors (Lipinski definition) is 2. The van der Waals surface area contributed by atoms with Gasteiger partial charge < -0.3 is 9.47 Å². The Balaban J connectivity index is 1.28. The maximum absolute atomic E-state index is 14.8. The van der Waals surface area contributed by atoms with Crippen molar-refractivity contribution in [2.75, 3.05) is 13.2 Å². The maximum atomic E-state index is 14.8. The Morgan fingerprint density at radius 3 is 2.11 bits per heavy atom. The standard InChI is InChI=1S/C30H39F3O2/c1-3-4-17-34-24-13-14-25(27(31)18-24)22-11-7-21(8-12-22)19-35-28-16-15-26(29(32)30(28)33)23-9-5-20(2)6-10-23/h13-16,18,20-23H,3-12,17,19H2,1-2H3. The van der Waals surface area contributed by atoms with Crippen molar-refractivity contribution < 1.29 is 22.6 Å². The van der Waals surface area contributed by atoms with Gasteiger partial charge in [0.15, 0.2) is 11.6 Å². The first-order valence-electron chi connectivity index (χ1n) is 13.5. The van der Waals surface area contributed by atoms with E-state index in [2.05, 4.69) is 13.8 Å². The minimum atomic E-state index is -0.863. The second kappa shape index (κ2) is 12.2. The van der Waals surface area contributed by atoms with Crippen molar-refractivity contribution >= 4 is 0 Å². The molecule has 5 heteroatoms. The molecule has 2 aliphatic rings. The van der Waals surface area contributed by atoms with E-state index < -0.39 is 11.6 Å². The highest BCUT2D eigenvalue weighted by molar-refractivity contribution is 5.34. The van der Waals surface area contributed by atoms with E-state index in [4.69, 9.17) is 9.47 Å². The van der Waals surface area contributed by atoms with Crippen LogP contribution in [0.1, 0.15) is 101 Å². The van der Waals surface area contributed by atoms with Crippen LogP contribution in [0.4, 0.5) is 13.2 Å². The second-order valence-corrected chi connectivity index (χ2v) is 10.7. The summed E-state index contributed by atoms with van der Waals surface area (Å²) in [4.78, 5) is 0. The lowest BCUT2D eigenvalue weighted by atomic mass is 9.79. The predicted octanol–water partition coefficient (Wildman–Crippen LogP) is 8.93. The number of hydrogen-bond donors (Lipinski definition) is 0. The largest absolute Gasteiger partial charge is 0.493 e. The molecule has 0 N–H and O–H groups in total. The third-order valence-electron chi connectivity index (χ3n) is 8.03. The molecule has 2 saturated carbocycles. The van der Waals surface area contributed by atoms with E-state index in [1.165, 1.54) is 6.07 Å². The van der Waals surface area contributed by atoms with Crippen molar-refractivity contribution in [3.05, 3.63) is 58.9 Å². The van der Waals surface area contributed by atoms with E-state index in [1.54, 1.807) is 12.1 Å². The van der Waals surface area contributed by atoms with Gasteiger partial charge in [0.25, 0.3) is 0 Å². The van der Waals surface area contributed by atoms with Crippen LogP contribution in [0.25, 0.3) is 0 Å². The molecule has 0 aliphatic heterocycles. The zero-order valence-electron chi connectivity index (χ0n) is 21.1. The molecular formula is C30H39F3O2. The van der Waals surface area contributed by atoms with Gasteiger partial charge in [-0.1, -0.05) is 45.2 Å². The SMILES string of the molecule is CCCCOc1ccc(C2CCC(COc3ccc(C4CCC(C)CC4)c(F)c3F)CC2)c(F)c1. The topological polar surface area (TPSA) is 18.5 Å². The highest BCUT2D eigenvalue weighted by atomic mass is 19.2. The lowest BCUT2D eigenvalue weighted by molar-refractivity contribution is 0.191. The van der Waals surface area contributed by atoms with Gasteiger partial charge in [0.2, 0.25) is 5.82 Å². The fourth-order valence-electron chi connectivity index (χ4n) is 5.66. The molecule has 0 heterocycles. The third kappa shape index (κ3) is 6.54. The van der Waals surface area contributed by atoms with Crippen molar-refractivity contribution in [2.24, 2.45) is 11.8 Å². The molecule has 0 bridgehead atoms. The second-order valence-electron chi connectivity index (χ2n) is 10.7. The lowest BCUT2D eigenvalue weighted by Gasteiger charge is -2.29. The molecule has 2 fully saturated rings. The van der Waals surface area contributed by atoms with Gasteiger partial charge in [-0.05, 0) is 91.9 Å². The van der Waals surface area contributed by atoms with Crippen LogP contribution in [-0.4, -0.2) is 13.2 Å². The van der Waals surface area contributed by atoms with Gasteiger partial charge >= 0.3 is 0 Å². The maximum Gasteiger partial charge on any atom is 0.200 e. The Labute approximate surface area is 208 Å². The van der Waals surface area contributed by atoms with E-state index in [-0.39, 0.29) is 29.3 Å². The summed E-state index contributed by atoms with van der Waals surface area (Å²) >= 11 is 0. The number of rotatable bonds is 9. The first-order valence-corrected chi connectivity index (χ1v) is 13.5. The third-order valence-corrected chi connectivity index (χ3v) is 8.03. The van der Waals surface area contributed by atoms with Crippen LogP contribution in [0.5, 0.6) is 11.5 Å². The van der Waals surface area contributed by atoms with Crippen LogP contribution in [0.2, 0.25) is 0 Å². The number of halogens is 3. The molecule has 0 aromatic heterocycles.